The van der Waals surface area contributed by atoms with E-state index in [4.69, 9.17) is 0 Å². The second kappa shape index (κ2) is 14.9. The van der Waals surface area contributed by atoms with Crippen LogP contribution in [0, 0.1) is 0 Å². The molecule has 3 rings (SSSR count). The quantitative estimate of drug-likeness (QED) is 0.167. The van der Waals surface area contributed by atoms with E-state index < -0.39 is 0 Å². The van der Waals surface area contributed by atoms with Gasteiger partial charge >= 0.3 is 0 Å². The Kier molecular flexibility index (Phi) is 11.7. The maximum atomic E-state index is 11.7. The minimum absolute atomic E-state index is 0.997. The van der Waals surface area contributed by atoms with Crippen molar-refractivity contribution in [1.29, 1.82) is 0 Å². The van der Waals surface area contributed by atoms with Gasteiger partial charge in [0.15, 0.2) is 0 Å². The lowest BCUT2D eigenvalue weighted by Crippen LogP contribution is -2.03. The summed E-state index contributed by atoms with van der Waals surface area (Å²) in [5, 5.41) is 0. The number of benzene rings is 2. The molecule has 0 N–H and O–H groups in total. The maximum Gasteiger partial charge on any atom is 0.211 e. The van der Waals surface area contributed by atoms with Gasteiger partial charge in [-0.1, -0.05) is 90.5 Å². The smallest absolute Gasteiger partial charge is 0.211 e. The van der Waals surface area contributed by atoms with E-state index in [0.717, 1.165) is 73.9 Å². The highest BCUT2D eigenvalue weighted by Gasteiger charge is 2.35. The van der Waals surface area contributed by atoms with Crippen molar-refractivity contribution in [3.8, 4) is 0 Å². The molecule has 0 unspecified atom stereocenters. The van der Waals surface area contributed by atoms with Gasteiger partial charge in [-0.05, 0) is 86.8 Å². The van der Waals surface area contributed by atoms with E-state index in [2.05, 4.69) is 76.2 Å². The molecule has 0 aromatic heterocycles. The minimum atomic E-state index is 0.997. The average molecular weight is 485 g/mol. The summed E-state index contributed by atoms with van der Waals surface area (Å²) in [4.78, 5) is 0. The molecule has 0 atom stereocenters. The van der Waals surface area contributed by atoms with Crippen LogP contribution in [0.25, 0.3) is 16.9 Å². The molecule has 0 saturated heterocycles. The molecule has 0 spiro atoms. The minimum Gasteiger partial charge on any atom is -0.493 e. The summed E-state index contributed by atoms with van der Waals surface area (Å²) in [6.07, 6.45) is 16.4. The van der Waals surface area contributed by atoms with Crippen LogP contribution in [-0.2, 0) is 12.8 Å². The highest BCUT2D eigenvalue weighted by atomic mass is 15.2. The normalized spacial score (nSPS) is 13.8. The van der Waals surface area contributed by atoms with Crippen LogP contribution in [0.2, 0.25) is 0 Å². The fourth-order valence-electron chi connectivity index (χ4n) is 5.31. The summed E-state index contributed by atoms with van der Waals surface area (Å²) in [6, 6.07) is 17.9. The lowest BCUT2D eigenvalue weighted by molar-refractivity contribution is -0.345. The van der Waals surface area contributed by atoms with Gasteiger partial charge in [-0.15, -0.1) is 0 Å². The molecule has 0 amide bonds. The Hall–Kier alpha value is -2.48. The Labute approximate surface area is 221 Å². The van der Waals surface area contributed by atoms with E-state index in [9.17, 15) is 5.53 Å². The van der Waals surface area contributed by atoms with Crippen molar-refractivity contribution in [2.24, 2.45) is 0 Å². The van der Waals surface area contributed by atoms with Crippen LogP contribution >= 0.6 is 0 Å². The Morgan fingerprint density at radius 1 is 0.472 bits per heavy atom. The lowest BCUT2D eigenvalue weighted by atomic mass is 9.92. The molecule has 2 aromatic rings. The van der Waals surface area contributed by atoms with Gasteiger partial charge in [-0.2, -0.15) is 0 Å². The Morgan fingerprint density at radius 3 is 1.17 bits per heavy atom. The van der Waals surface area contributed by atoms with Crippen LogP contribution in [0.1, 0.15) is 127 Å². The Morgan fingerprint density at radius 2 is 0.833 bits per heavy atom. The molecule has 0 radical (unpaired) electrons. The summed E-state index contributed by atoms with van der Waals surface area (Å²) in [5.41, 5.74) is 21.4. The fourth-order valence-corrected chi connectivity index (χ4v) is 5.31. The highest BCUT2D eigenvalue weighted by molar-refractivity contribution is 5.82. The van der Waals surface area contributed by atoms with Crippen molar-refractivity contribution in [2.75, 3.05) is 0 Å². The van der Waals surface area contributed by atoms with Crippen molar-refractivity contribution in [1.82, 2.24) is 0 Å². The molecule has 36 heavy (non-hydrogen) atoms. The maximum absolute atomic E-state index is 11.7. The van der Waals surface area contributed by atoms with E-state index in [0.29, 0.717) is 0 Å². The first kappa shape index (κ1) is 28.1. The molecule has 1 heterocycles. The number of nitrogens with zero attached hydrogens (tertiary/aromatic N) is 2. The number of allylic oxidation sites excluding steroid dienone is 2. The Balaban J connectivity index is 1.96. The third-order valence-electron chi connectivity index (χ3n) is 7.51. The molecule has 2 heteroatoms. The number of rotatable bonds is 16. The van der Waals surface area contributed by atoms with Crippen molar-refractivity contribution in [2.45, 2.75) is 118 Å². The third kappa shape index (κ3) is 7.28. The molecule has 194 valence electrons. The standard InChI is InChI=1S/C34H48N2/c1-5-9-13-15-27-19-23-29(24-20-27)33-31(17-11-7-3)32(18-12-8-4)34(36(33)35)30-25-21-28(22-26-30)16-14-10-6-2/h19-26H,5-18H2,1-4H3. The van der Waals surface area contributed by atoms with Crippen molar-refractivity contribution >= 4 is 11.4 Å². The van der Waals surface area contributed by atoms with Gasteiger partial charge in [0, 0.05) is 22.3 Å². The predicted molar refractivity (Wildman–Crippen MR) is 156 cm³/mol. The number of hydrogen-bond donors (Lipinski definition) is 0. The van der Waals surface area contributed by atoms with Crippen LogP contribution in [0.15, 0.2) is 59.7 Å². The second-order valence-corrected chi connectivity index (χ2v) is 10.5. The molecule has 0 bridgehead atoms. The van der Waals surface area contributed by atoms with Gasteiger partial charge in [0.25, 0.3) is 0 Å². The molecule has 0 saturated carbocycles. The zero-order chi connectivity index (χ0) is 25.8. The molecule has 1 aliphatic rings. The predicted octanol–water partition coefficient (Wildman–Crippen LogP) is 10.7. The molecular weight excluding hydrogens is 436 g/mol. The highest BCUT2D eigenvalue weighted by Crippen LogP contribution is 2.44. The molecular formula is C34H48N2. The molecule has 1 aliphatic heterocycles. The van der Waals surface area contributed by atoms with Crippen molar-refractivity contribution in [3.05, 3.63) is 87.5 Å². The second-order valence-electron chi connectivity index (χ2n) is 10.5. The fraction of sp³-hybridized carbons (Fsp3) is 0.529. The monoisotopic (exact) mass is 484 g/mol. The number of aryl methyl sites for hydroxylation is 2. The van der Waals surface area contributed by atoms with Gasteiger partial charge < -0.3 is 5.53 Å². The largest absolute Gasteiger partial charge is 0.493 e. The van der Waals surface area contributed by atoms with Crippen LogP contribution in [0.4, 0.5) is 0 Å². The third-order valence-corrected chi connectivity index (χ3v) is 7.51. The average Bonchev–Trinajstić information content (AvgIpc) is 3.18. The number of unbranched alkanes of at least 4 members (excludes halogenated alkanes) is 6. The summed E-state index contributed by atoms with van der Waals surface area (Å²) < 4.78 is 1.52. The van der Waals surface area contributed by atoms with E-state index in [1.54, 1.807) is 0 Å². The van der Waals surface area contributed by atoms with E-state index in [1.807, 2.05) is 0 Å². The van der Waals surface area contributed by atoms with Crippen LogP contribution in [0.3, 0.4) is 0 Å². The molecule has 2 nitrogen and oxygen atoms in total. The van der Waals surface area contributed by atoms with Gasteiger partial charge in [0.05, 0.1) is 0 Å². The summed E-state index contributed by atoms with van der Waals surface area (Å²) >= 11 is 0. The van der Waals surface area contributed by atoms with Crippen molar-refractivity contribution < 1.29 is 4.70 Å². The SMILES string of the molecule is CCCCCc1ccc(C2=C(CCCC)C(CCCC)=C(c3ccc(CCCCC)cc3)[N+]2=[N-])cc1. The van der Waals surface area contributed by atoms with E-state index in [1.165, 1.54) is 65.5 Å². The summed E-state index contributed by atoms with van der Waals surface area (Å²) in [7, 11) is 0. The molecule has 0 fully saturated rings. The molecule has 2 aromatic carbocycles. The topological polar surface area (TPSA) is 25.3 Å². The lowest BCUT2D eigenvalue weighted by Gasteiger charge is -2.11. The van der Waals surface area contributed by atoms with E-state index in [-0.39, 0.29) is 0 Å². The first-order valence-electron chi connectivity index (χ1n) is 14.8. The Bertz CT molecular complexity index is 938. The van der Waals surface area contributed by atoms with Crippen LogP contribution in [-0.4, -0.2) is 4.70 Å². The first-order chi connectivity index (χ1) is 17.6. The van der Waals surface area contributed by atoms with Gasteiger partial charge in [-0.3, -0.25) is 0 Å². The first-order valence-corrected chi connectivity index (χ1v) is 14.8. The van der Waals surface area contributed by atoms with E-state index >= 15 is 0 Å². The van der Waals surface area contributed by atoms with Crippen LogP contribution < -0.4 is 0 Å². The zero-order valence-electron chi connectivity index (χ0n) is 23.4. The zero-order valence-corrected chi connectivity index (χ0v) is 23.4. The van der Waals surface area contributed by atoms with Gasteiger partial charge in [-0.25, -0.2) is 4.70 Å². The van der Waals surface area contributed by atoms with Gasteiger partial charge in [0.1, 0.15) is 0 Å². The van der Waals surface area contributed by atoms with Crippen molar-refractivity contribution in [3.63, 3.8) is 0 Å². The number of hydrogen-bond acceptors (Lipinski definition) is 0. The summed E-state index contributed by atoms with van der Waals surface area (Å²) in [6.45, 7) is 9.02. The van der Waals surface area contributed by atoms with Gasteiger partial charge in [0.2, 0.25) is 11.4 Å². The summed E-state index contributed by atoms with van der Waals surface area (Å²) in [5.74, 6) is 0. The van der Waals surface area contributed by atoms with Crippen LogP contribution in [0.5, 0.6) is 0 Å². The molecule has 0 aliphatic carbocycles.